The van der Waals surface area contributed by atoms with Gasteiger partial charge in [-0.3, -0.25) is 14.5 Å². The van der Waals surface area contributed by atoms with Crippen LogP contribution in [0.15, 0.2) is 66.7 Å². The van der Waals surface area contributed by atoms with Gasteiger partial charge in [-0.05, 0) is 54.4 Å². The lowest BCUT2D eigenvalue weighted by Gasteiger charge is -2.37. The number of benzene rings is 3. The second-order valence-electron chi connectivity index (χ2n) is 11.7. The summed E-state index contributed by atoms with van der Waals surface area (Å²) in [5, 5.41) is 11.3. The molecule has 1 saturated heterocycles. The number of aliphatic hydroxyl groups excluding tert-OH is 1. The van der Waals surface area contributed by atoms with Crippen molar-refractivity contribution in [2.75, 3.05) is 37.2 Å². The van der Waals surface area contributed by atoms with E-state index in [1.807, 2.05) is 54.6 Å². The molecule has 0 aliphatic carbocycles. The van der Waals surface area contributed by atoms with Crippen LogP contribution < -0.4 is 24.5 Å². The number of para-hydroxylation sites is 2. The zero-order chi connectivity index (χ0) is 29.1. The van der Waals surface area contributed by atoms with E-state index in [1.165, 1.54) is 5.19 Å². The van der Waals surface area contributed by atoms with E-state index >= 15 is 0 Å². The fraction of sp³-hybridized carbons (Fsp3) is 0.375. The van der Waals surface area contributed by atoms with Gasteiger partial charge >= 0.3 is 0 Å². The number of likely N-dealkylation sites (N-methyl/N-ethyl adjacent to an activating group) is 1. The third-order valence-corrected chi connectivity index (χ3v) is 13.7. The molecule has 0 aromatic heterocycles. The van der Waals surface area contributed by atoms with Crippen molar-refractivity contribution < 1.29 is 28.9 Å². The van der Waals surface area contributed by atoms with Gasteiger partial charge in [0.2, 0.25) is 0 Å². The fourth-order valence-electron chi connectivity index (χ4n) is 7.33. The van der Waals surface area contributed by atoms with Gasteiger partial charge in [0.1, 0.15) is 11.5 Å². The first-order chi connectivity index (χ1) is 19.6. The predicted octanol–water partition coefficient (Wildman–Crippen LogP) is 4.33. The third kappa shape index (κ3) is 4.01. The van der Waals surface area contributed by atoms with Crippen molar-refractivity contribution in [3.05, 3.63) is 72.3 Å². The van der Waals surface area contributed by atoms with E-state index in [1.54, 1.807) is 24.0 Å². The van der Waals surface area contributed by atoms with Crippen LogP contribution in [0.4, 0.5) is 17.1 Å². The molecule has 2 amide bonds. The number of carbonyl (C=O) groups excluding carboxylic acids is 2. The number of anilines is 3. The molecule has 0 bridgehead atoms. The second kappa shape index (κ2) is 10.0. The number of ether oxygens (including phenoxy) is 3. The maximum Gasteiger partial charge on any atom is 0.269 e. The van der Waals surface area contributed by atoms with Crippen LogP contribution in [0.1, 0.15) is 18.9 Å². The molecule has 3 aromatic carbocycles. The maximum absolute atomic E-state index is 14.2. The van der Waals surface area contributed by atoms with E-state index < -0.39 is 13.7 Å². The number of amides is 2. The fourth-order valence-corrected chi connectivity index (χ4v) is 11.4. The Kier molecular flexibility index (Phi) is 6.71. The number of hydrogen-bond acceptors (Lipinski definition) is 6. The van der Waals surface area contributed by atoms with Gasteiger partial charge in [-0.15, -0.1) is 0 Å². The van der Waals surface area contributed by atoms with Gasteiger partial charge in [-0.2, -0.15) is 0 Å². The van der Waals surface area contributed by atoms with Crippen LogP contribution in [-0.2, 0) is 19.9 Å². The normalized spacial score (nSPS) is 25.4. The van der Waals surface area contributed by atoms with E-state index in [-0.39, 0.29) is 42.6 Å². The highest BCUT2D eigenvalue weighted by atomic mass is 28.3. The van der Waals surface area contributed by atoms with Crippen LogP contribution in [-0.4, -0.2) is 58.5 Å². The Balaban J connectivity index is 1.47. The molecule has 4 atom stereocenters. The highest BCUT2D eigenvalue weighted by Gasteiger charge is 2.65. The van der Waals surface area contributed by atoms with Crippen molar-refractivity contribution in [1.82, 2.24) is 0 Å². The Morgan fingerprint density at radius 2 is 1.78 bits per heavy atom. The number of aliphatic hydroxyl groups is 1. The molecule has 214 valence electrons. The van der Waals surface area contributed by atoms with Gasteiger partial charge in [0, 0.05) is 30.8 Å². The number of fused-ring (bicyclic) bond motifs is 3. The molecule has 0 unspecified atom stereocenters. The van der Waals surface area contributed by atoms with Gasteiger partial charge in [-0.25, -0.2) is 0 Å². The molecule has 0 radical (unpaired) electrons. The van der Waals surface area contributed by atoms with Crippen LogP contribution in [0.3, 0.4) is 0 Å². The quantitative estimate of drug-likeness (QED) is 0.443. The van der Waals surface area contributed by atoms with Gasteiger partial charge in [0.25, 0.3) is 11.8 Å². The third-order valence-electron chi connectivity index (χ3n) is 9.33. The number of carbonyl (C=O) groups is 2. The van der Waals surface area contributed by atoms with E-state index in [4.69, 9.17) is 14.2 Å². The summed E-state index contributed by atoms with van der Waals surface area (Å²) in [5.74, 6) is 0.958. The molecule has 6 rings (SSSR count). The van der Waals surface area contributed by atoms with Gasteiger partial charge < -0.3 is 24.2 Å². The largest absolute Gasteiger partial charge is 0.497 e. The summed E-state index contributed by atoms with van der Waals surface area (Å²) in [6.07, 6.45) is 0.126. The summed E-state index contributed by atoms with van der Waals surface area (Å²) < 4.78 is 18.0. The van der Waals surface area contributed by atoms with Gasteiger partial charge in [-0.1, -0.05) is 49.5 Å². The van der Waals surface area contributed by atoms with Crippen molar-refractivity contribution in [3.63, 3.8) is 0 Å². The van der Waals surface area contributed by atoms with E-state index in [0.29, 0.717) is 23.5 Å². The monoisotopic (exact) mass is 572 g/mol. The number of hydrogen-bond donors (Lipinski definition) is 1. The lowest BCUT2D eigenvalue weighted by atomic mass is 9.82. The maximum atomic E-state index is 14.2. The topological polar surface area (TPSA) is 88.5 Å². The minimum absolute atomic E-state index is 0.0347. The summed E-state index contributed by atoms with van der Waals surface area (Å²) in [6.45, 7) is 6.64. The SMILES string of the molecule is COc1ccc([Si](C)(C)[C@@H]2[C@@H](CCO)O[C@]3(C(=O)N(C)c4ccc(N5C(=O)COc6ccccc65)cc43)[C@H]2C)cc1. The number of rotatable bonds is 6. The first-order valence-corrected chi connectivity index (χ1v) is 17.1. The minimum atomic E-state index is -2.26. The van der Waals surface area contributed by atoms with Crippen molar-refractivity contribution in [3.8, 4) is 11.5 Å². The van der Waals surface area contributed by atoms with E-state index in [2.05, 4.69) is 32.2 Å². The predicted molar refractivity (Wildman–Crippen MR) is 160 cm³/mol. The zero-order valence-corrected chi connectivity index (χ0v) is 25.1. The smallest absolute Gasteiger partial charge is 0.269 e. The molecule has 3 aromatic rings. The average Bonchev–Trinajstić information content (AvgIpc) is 3.39. The van der Waals surface area contributed by atoms with Crippen molar-refractivity contribution in [2.24, 2.45) is 5.92 Å². The number of nitrogens with zero attached hydrogens (tertiary/aromatic N) is 2. The lowest BCUT2D eigenvalue weighted by molar-refractivity contribution is -0.145. The van der Waals surface area contributed by atoms with Gasteiger partial charge in [0.05, 0.1) is 32.7 Å². The van der Waals surface area contributed by atoms with Crippen LogP contribution in [0.5, 0.6) is 11.5 Å². The Morgan fingerprint density at radius 3 is 2.49 bits per heavy atom. The molecule has 1 fully saturated rings. The summed E-state index contributed by atoms with van der Waals surface area (Å²) in [6, 6.07) is 21.4. The number of methoxy groups -OCH3 is 1. The van der Waals surface area contributed by atoms with E-state index in [0.717, 1.165) is 17.0 Å². The first kappa shape index (κ1) is 27.5. The summed E-state index contributed by atoms with van der Waals surface area (Å²) in [7, 11) is 1.17. The Bertz CT molecular complexity index is 1510. The van der Waals surface area contributed by atoms with E-state index in [9.17, 15) is 14.7 Å². The summed E-state index contributed by atoms with van der Waals surface area (Å²) in [5.41, 5.74) is 1.68. The van der Waals surface area contributed by atoms with Crippen LogP contribution in [0, 0.1) is 5.92 Å². The van der Waals surface area contributed by atoms with Gasteiger partial charge in [0.15, 0.2) is 12.2 Å². The van der Waals surface area contributed by atoms with Crippen LogP contribution in [0.25, 0.3) is 0 Å². The Morgan fingerprint density at radius 1 is 1.05 bits per heavy atom. The van der Waals surface area contributed by atoms with Crippen LogP contribution >= 0.6 is 0 Å². The Labute approximate surface area is 241 Å². The molecular weight excluding hydrogens is 536 g/mol. The molecule has 41 heavy (non-hydrogen) atoms. The summed E-state index contributed by atoms with van der Waals surface area (Å²) >= 11 is 0. The second-order valence-corrected chi connectivity index (χ2v) is 16.4. The molecule has 8 nitrogen and oxygen atoms in total. The standard InChI is InChI=1S/C32H36N2O6Si/c1-20-30(41(4,5)23-13-11-22(38-3)12-14-23)28(16-17-35)40-32(20)24-18-21(10-15-25(24)33(2)31(32)37)34-26-8-6-7-9-27(26)39-19-29(34)36/h6-15,18,20,28,30,35H,16-17,19H2,1-5H3/t20-,28+,30-,32+/m0/s1. The molecule has 3 aliphatic heterocycles. The molecular formula is C32H36N2O6Si. The summed E-state index contributed by atoms with van der Waals surface area (Å²) in [4.78, 5) is 30.7. The highest BCUT2D eigenvalue weighted by molar-refractivity contribution is 6.91. The van der Waals surface area contributed by atoms with Crippen molar-refractivity contribution >= 4 is 42.1 Å². The highest BCUT2D eigenvalue weighted by Crippen LogP contribution is 2.60. The Hall–Kier alpha value is -3.66. The minimum Gasteiger partial charge on any atom is -0.497 e. The van der Waals surface area contributed by atoms with Crippen LogP contribution in [0.2, 0.25) is 18.6 Å². The van der Waals surface area contributed by atoms with Crippen molar-refractivity contribution in [1.29, 1.82) is 0 Å². The van der Waals surface area contributed by atoms with Crippen molar-refractivity contribution in [2.45, 2.75) is 43.7 Å². The average molecular weight is 573 g/mol. The molecule has 1 spiro atoms. The molecule has 0 saturated carbocycles. The molecule has 9 heteroatoms. The first-order valence-electron chi connectivity index (χ1n) is 14.1. The zero-order valence-electron chi connectivity index (χ0n) is 24.1. The molecule has 1 N–H and O–H groups in total. The molecule has 3 aliphatic rings. The lowest BCUT2D eigenvalue weighted by Crippen LogP contribution is -2.51. The molecule has 3 heterocycles.